The van der Waals surface area contributed by atoms with Crippen molar-refractivity contribution in [3.63, 3.8) is 0 Å². The molecule has 0 saturated heterocycles. The third-order valence-corrected chi connectivity index (χ3v) is 2.84. The van der Waals surface area contributed by atoms with Crippen LogP contribution in [0.15, 0.2) is 6.20 Å². The molecule has 0 unspecified atom stereocenters. The maximum Gasteiger partial charge on any atom is 0.0736 e. The molecule has 0 amide bonds. The highest BCUT2D eigenvalue weighted by atomic mass is 15.3. The van der Waals surface area contributed by atoms with Crippen LogP contribution in [-0.4, -0.2) is 9.78 Å². The van der Waals surface area contributed by atoms with E-state index in [0.29, 0.717) is 12.0 Å². The number of nitrogens with two attached hydrogens (primary N) is 1. The molecule has 1 aromatic rings. The van der Waals surface area contributed by atoms with E-state index in [1.54, 1.807) is 6.20 Å². The van der Waals surface area contributed by atoms with E-state index in [0.717, 1.165) is 5.69 Å². The van der Waals surface area contributed by atoms with Crippen molar-refractivity contribution in [2.75, 3.05) is 5.73 Å². The molecule has 0 aliphatic heterocycles. The molecule has 1 aliphatic rings. The van der Waals surface area contributed by atoms with Crippen molar-refractivity contribution in [3.8, 4) is 0 Å². The maximum absolute atomic E-state index is 5.91. The van der Waals surface area contributed by atoms with Gasteiger partial charge in [-0.05, 0) is 26.7 Å². The number of hydrogen-bond acceptors (Lipinski definition) is 2. The van der Waals surface area contributed by atoms with Gasteiger partial charge >= 0.3 is 0 Å². The summed E-state index contributed by atoms with van der Waals surface area (Å²) in [5.41, 5.74) is 8.04. The van der Waals surface area contributed by atoms with E-state index in [-0.39, 0.29) is 0 Å². The van der Waals surface area contributed by atoms with Crippen LogP contribution in [0.5, 0.6) is 0 Å². The van der Waals surface area contributed by atoms with Crippen molar-refractivity contribution in [2.45, 2.75) is 45.1 Å². The molecular formula is C10H17N3. The lowest BCUT2D eigenvalue weighted by atomic mass is 9.82. The van der Waals surface area contributed by atoms with Crippen LogP contribution in [0.4, 0.5) is 5.69 Å². The lowest BCUT2D eigenvalue weighted by molar-refractivity contribution is 0.377. The predicted molar refractivity (Wildman–Crippen MR) is 53.6 cm³/mol. The molecule has 0 radical (unpaired) electrons. The van der Waals surface area contributed by atoms with Crippen LogP contribution >= 0.6 is 0 Å². The van der Waals surface area contributed by atoms with E-state index >= 15 is 0 Å². The van der Waals surface area contributed by atoms with Gasteiger partial charge in [0.2, 0.25) is 0 Å². The number of anilines is 1. The lowest BCUT2D eigenvalue weighted by Crippen LogP contribution is -2.17. The van der Waals surface area contributed by atoms with Crippen molar-refractivity contribution in [1.29, 1.82) is 0 Å². The second kappa shape index (κ2) is 3.05. The Bertz CT molecular complexity index is 297. The molecule has 1 aliphatic carbocycles. The lowest BCUT2D eigenvalue weighted by Gasteiger charge is -2.27. The van der Waals surface area contributed by atoms with Gasteiger partial charge in [0.25, 0.3) is 0 Å². The highest BCUT2D eigenvalue weighted by Gasteiger charge is 2.26. The maximum atomic E-state index is 5.91. The highest BCUT2D eigenvalue weighted by Crippen LogP contribution is 2.39. The summed E-state index contributed by atoms with van der Waals surface area (Å²) < 4.78 is 2.07. The fourth-order valence-electron chi connectivity index (χ4n) is 1.90. The van der Waals surface area contributed by atoms with E-state index in [9.17, 15) is 0 Å². The fraction of sp³-hybridized carbons (Fsp3) is 0.700. The van der Waals surface area contributed by atoms with Crippen LogP contribution in [0.1, 0.15) is 50.8 Å². The second-order valence-corrected chi connectivity index (χ2v) is 4.15. The summed E-state index contributed by atoms with van der Waals surface area (Å²) in [5.74, 6) is 0.671. The zero-order valence-corrected chi connectivity index (χ0v) is 8.33. The second-order valence-electron chi connectivity index (χ2n) is 4.15. The van der Waals surface area contributed by atoms with Crippen LogP contribution in [0.3, 0.4) is 0 Å². The van der Waals surface area contributed by atoms with Crippen LogP contribution in [0.2, 0.25) is 0 Å². The van der Waals surface area contributed by atoms with Gasteiger partial charge in [0.05, 0.1) is 17.6 Å². The van der Waals surface area contributed by atoms with Gasteiger partial charge in [0.15, 0.2) is 0 Å². The molecule has 3 heteroatoms. The van der Waals surface area contributed by atoms with Gasteiger partial charge < -0.3 is 5.73 Å². The molecule has 0 spiro atoms. The Morgan fingerprint density at radius 2 is 2.23 bits per heavy atom. The first-order valence-electron chi connectivity index (χ1n) is 5.03. The van der Waals surface area contributed by atoms with Crippen LogP contribution in [0.25, 0.3) is 0 Å². The molecule has 2 N–H and O–H groups in total. The van der Waals surface area contributed by atoms with Gasteiger partial charge in [-0.1, -0.05) is 6.42 Å². The quantitative estimate of drug-likeness (QED) is 0.757. The fourth-order valence-corrected chi connectivity index (χ4v) is 1.90. The smallest absolute Gasteiger partial charge is 0.0736 e. The summed E-state index contributed by atoms with van der Waals surface area (Å²) in [6.07, 6.45) is 5.69. The van der Waals surface area contributed by atoms with Gasteiger partial charge in [-0.2, -0.15) is 5.10 Å². The molecule has 1 saturated carbocycles. The van der Waals surface area contributed by atoms with Crippen LogP contribution in [0, 0.1) is 0 Å². The molecule has 3 nitrogen and oxygen atoms in total. The van der Waals surface area contributed by atoms with Crippen molar-refractivity contribution in [2.24, 2.45) is 0 Å². The first-order chi connectivity index (χ1) is 6.20. The molecular weight excluding hydrogens is 162 g/mol. The Labute approximate surface area is 78.9 Å². The summed E-state index contributed by atoms with van der Waals surface area (Å²) in [6.45, 7) is 4.29. The minimum atomic E-state index is 0.424. The summed E-state index contributed by atoms with van der Waals surface area (Å²) in [4.78, 5) is 0. The van der Waals surface area contributed by atoms with E-state index in [4.69, 9.17) is 5.73 Å². The summed E-state index contributed by atoms with van der Waals surface area (Å²) in [5, 5.41) is 4.31. The van der Waals surface area contributed by atoms with Gasteiger partial charge in [0, 0.05) is 12.0 Å². The van der Waals surface area contributed by atoms with Crippen molar-refractivity contribution >= 4 is 5.69 Å². The molecule has 1 aromatic heterocycles. The number of hydrogen-bond donors (Lipinski definition) is 1. The zero-order valence-electron chi connectivity index (χ0n) is 8.33. The van der Waals surface area contributed by atoms with E-state index in [2.05, 4.69) is 23.6 Å². The topological polar surface area (TPSA) is 43.8 Å². The minimum absolute atomic E-state index is 0.424. The minimum Gasteiger partial charge on any atom is -0.396 e. The summed E-state index contributed by atoms with van der Waals surface area (Å²) in [7, 11) is 0. The van der Waals surface area contributed by atoms with Gasteiger partial charge in [-0.25, -0.2) is 0 Å². The number of rotatable bonds is 2. The molecule has 0 bridgehead atoms. The largest absolute Gasteiger partial charge is 0.396 e. The average molecular weight is 179 g/mol. The Morgan fingerprint density at radius 1 is 1.54 bits per heavy atom. The normalized spacial score (nSPS) is 17.8. The van der Waals surface area contributed by atoms with Crippen molar-refractivity contribution in [3.05, 3.63) is 11.9 Å². The average Bonchev–Trinajstić information content (AvgIpc) is 2.30. The Morgan fingerprint density at radius 3 is 2.69 bits per heavy atom. The third-order valence-electron chi connectivity index (χ3n) is 2.84. The van der Waals surface area contributed by atoms with Gasteiger partial charge in [-0.15, -0.1) is 0 Å². The van der Waals surface area contributed by atoms with Crippen molar-refractivity contribution in [1.82, 2.24) is 9.78 Å². The molecule has 2 rings (SSSR count). The monoisotopic (exact) mass is 179 g/mol. The molecule has 72 valence electrons. The Hall–Kier alpha value is -0.990. The zero-order chi connectivity index (χ0) is 9.42. The Kier molecular flexibility index (Phi) is 2.02. The molecule has 13 heavy (non-hydrogen) atoms. The van der Waals surface area contributed by atoms with Crippen LogP contribution in [-0.2, 0) is 0 Å². The van der Waals surface area contributed by atoms with Gasteiger partial charge in [0.1, 0.15) is 0 Å². The summed E-state index contributed by atoms with van der Waals surface area (Å²) in [6, 6.07) is 0.424. The standard InChI is InChI=1S/C10H17N3/c1-7(2)13-10(8-4-3-5-8)9(11)6-12-13/h6-8H,3-5,11H2,1-2H3. The SMILES string of the molecule is CC(C)n1ncc(N)c1C1CCC1. The van der Waals surface area contributed by atoms with Crippen LogP contribution < -0.4 is 5.73 Å². The predicted octanol–water partition coefficient (Wildman–Crippen LogP) is 2.31. The Balaban J connectivity index is 2.34. The molecule has 1 fully saturated rings. The van der Waals surface area contributed by atoms with Gasteiger partial charge in [-0.3, -0.25) is 4.68 Å². The molecule has 0 aromatic carbocycles. The van der Waals surface area contributed by atoms with E-state index < -0.39 is 0 Å². The summed E-state index contributed by atoms with van der Waals surface area (Å²) >= 11 is 0. The third kappa shape index (κ3) is 1.32. The highest BCUT2D eigenvalue weighted by molar-refractivity contribution is 5.44. The molecule has 1 heterocycles. The first kappa shape index (κ1) is 8.60. The number of nitrogen functional groups attached to an aromatic ring is 1. The van der Waals surface area contributed by atoms with E-state index in [1.807, 2.05) is 0 Å². The van der Waals surface area contributed by atoms with Crippen molar-refractivity contribution < 1.29 is 0 Å². The van der Waals surface area contributed by atoms with E-state index in [1.165, 1.54) is 25.0 Å². The molecule has 0 atom stereocenters. The first-order valence-corrected chi connectivity index (χ1v) is 5.03. The number of nitrogens with zero attached hydrogens (tertiary/aromatic N) is 2. The number of aromatic nitrogens is 2.